The largest absolute Gasteiger partial charge is 0.478 e. The fourth-order valence-electron chi connectivity index (χ4n) is 2.22. The molecule has 4 nitrogen and oxygen atoms in total. The average molecular weight is 235 g/mol. The van der Waals surface area contributed by atoms with Crippen molar-refractivity contribution in [3.05, 3.63) is 23.9 Å². The van der Waals surface area contributed by atoms with E-state index in [4.69, 9.17) is 9.84 Å². The fraction of sp³-hybridized carbons (Fsp3) is 0.538. The van der Waals surface area contributed by atoms with Crippen LogP contribution in [0.3, 0.4) is 0 Å². The van der Waals surface area contributed by atoms with Gasteiger partial charge in [-0.15, -0.1) is 0 Å². The highest BCUT2D eigenvalue weighted by Crippen LogP contribution is 2.27. The van der Waals surface area contributed by atoms with E-state index in [1.807, 2.05) is 0 Å². The molecule has 1 aliphatic rings. The maximum Gasteiger partial charge on any atom is 0.335 e. The lowest BCUT2D eigenvalue weighted by atomic mass is 9.88. The molecule has 1 saturated carbocycles. The summed E-state index contributed by atoms with van der Waals surface area (Å²) in [6.07, 6.45) is 6.27. The molecule has 1 N–H and O–H groups in total. The topological polar surface area (TPSA) is 59.4 Å². The van der Waals surface area contributed by atoms with Crippen molar-refractivity contribution in [3.8, 4) is 5.88 Å². The van der Waals surface area contributed by atoms with E-state index in [0.29, 0.717) is 11.8 Å². The van der Waals surface area contributed by atoms with Gasteiger partial charge in [0.05, 0.1) is 5.56 Å². The van der Waals surface area contributed by atoms with Crippen molar-refractivity contribution in [1.82, 2.24) is 4.98 Å². The van der Waals surface area contributed by atoms with Gasteiger partial charge in [-0.2, -0.15) is 0 Å². The second-order valence-corrected chi connectivity index (χ2v) is 4.61. The van der Waals surface area contributed by atoms with E-state index in [2.05, 4.69) is 11.9 Å². The van der Waals surface area contributed by atoms with Crippen LogP contribution in [-0.4, -0.2) is 22.2 Å². The molecule has 2 atom stereocenters. The number of carboxylic acids is 1. The molecular formula is C13H17NO3. The smallest absolute Gasteiger partial charge is 0.335 e. The Morgan fingerprint density at radius 2 is 2.24 bits per heavy atom. The van der Waals surface area contributed by atoms with E-state index in [1.54, 1.807) is 0 Å². The van der Waals surface area contributed by atoms with Crippen molar-refractivity contribution >= 4 is 5.97 Å². The minimum atomic E-state index is -0.950. The van der Waals surface area contributed by atoms with E-state index >= 15 is 0 Å². The van der Waals surface area contributed by atoms with E-state index in [-0.39, 0.29) is 11.7 Å². The van der Waals surface area contributed by atoms with Crippen molar-refractivity contribution in [3.63, 3.8) is 0 Å². The molecule has 1 aliphatic carbocycles. The maximum atomic E-state index is 10.8. The zero-order chi connectivity index (χ0) is 12.3. The maximum absolute atomic E-state index is 10.8. The van der Waals surface area contributed by atoms with Gasteiger partial charge in [0.25, 0.3) is 0 Å². The number of rotatable bonds is 3. The predicted octanol–water partition coefficient (Wildman–Crippen LogP) is 2.74. The lowest BCUT2D eigenvalue weighted by Gasteiger charge is -2.28. The van der Waals surface area contributed by atoms with Crippen molar-refractivity contribution < 1.29 is 14.6 Å². The van der Waals surface area contributed by atoms with Crippen LogP contribution in [0.4, 0.5) is 0 Å². The van der Waals surface area contributed by atoms with Gasteiger partial charge in [-0.05, 0) is 31.2 Å². The van der Waals surface area contributed by atoms with Crippen LogP contribution in [-0.2, 0) is 0 Å². The van der Waals surface area contributed by atoms with Gasteiger partial charge >= 0.3 is 5.97 Å². The first-order chi connectivity index (χ1) is 8.16. The summed E-state index contributed by atoms with van der Waals surface area (Å²) >= 11 is 0. The molecule has 0 aliphatic heterocycles. The first-order valence-electron chi connectivity index (χ1n) is 6.03. The van der Waals surface area contributed by atoms with Crippen molar-refractivity contribution in [1.29, 1.82) is 0 Å². The number of carbonyl (C=O) groups is 1. The van der Waals surface area contributed by atoms with Gasteiger partial charge in [0.2, 0.25) is 5.88 Å². The average Bonchev–Trinajstić information content (AvgIpc) is 2.32. The van der Waals surface area contributed by atoms with Crippen LogP contribution >= 0.6 is 0 Å². The Hall–Kier alpha value is -1.58. The van der Waals surface area contributed by atoms with Gasteiger partial charge in [0.1, 0.15) is 6.10 Å². The van der Waals surface area contributed by atoms with Gasteiger partial charge in [0.15, 0.2) is 0 Å². The summed E-state index contributed by atoms with van der Waals surface area (Å²) in [5, 5.41) is 8.88. The van der Waals surface area contributed by atoms with Crippen LogP contribution in [0.15, 0.2) is 18.3 Å². The van der Waals surface area contributed by atoms with E-state index in [1.165, 1.54) is 37.6 Å². The Bertz CT molecular complexity index is 405. The summed E-state index contributed by atoms with van der Waals surface area (Å²) in [5.74, 6) is -0.0170. The third-order valence-corrected chi connectivity index (χ3v) is 3.29. The van der Waals surface area contributed by atoms with Gasteiger partial charge < -0.3 is 9.84 Å². The Kier molecular flexibility index (Phi) is 3.61. The number of ether oxygens (including phenoxy) is 1. The quantitative estimate of drug-likeness (QED) is 0.875. The molecule has 0 bridgehead atoms. The standard InChI is InChI=1S/C13H17NO3/c1-9-4-2-3-5-11(9)17-12-8-10(13(15)16)6-7-14-12/h6-9,11H,2-5H2,1H3,(H,15,16)/t9-,11-/m1/s1. The number of aromatic nitrogens is 1. The summed E-state index contributed by atoms with van der Waals surface area (Å²) < 4.78 is 5.78. The highest BCUT2D eigenvalue weighted by Gasteiger charge is 2.23. The molecule has 2 rings (SSSR count). The third kappa shape index (κ3) is 2.96. The van der Waals surface area contributed by atoms with Gasteiger partial charge in [-0.1, -0.05) is 13.3 Å². The second kappa shape index (κ2) is 5.17. The highest BCUT2D eigenvalue weighted by molar-refractivity contribution is 5.87. The van der Waals surface area contributed by atoms with Crippen molar-refractivity contribution in [2.24, 2.45) is 5.92 Å². The summed E-state index contributed by atoms with van der Waals surface area (Å²) in [6, 6.07) is 2.96. The molecule has 92 valence electrons. The van der Waals surface area contributed by atoms with Crippen LogP contribution < -0.4 is 4.74 Å². The summed E-state index contributed by atoms with van der Waals surface area (Å²) in [6.45, 7) is 2.17. The number of carboxylic acid groups (broad SMARTS) is 1. The number of hydrogen-bond donors (Lipinski definition) is 1. The van der Waals surface area contributed by atoms with Gasteiger partial charge in [-0.3, -0.25) is 0 Å². The van der Waals surface area contributed by atoms with Crippen molar-refractivity contribution in [2.75, 3.05) is 0 Å². The summed E-state index contributed by atoms with van der Waals surface area (Å²) in [7, 11) is 0. The molecule has 0 unspecified atom stereocenters. The Morgan fingerprint density at radius 3 is 2.94 bits per heavy atom. The van der Waals surface area contributed by atoms with E-state index in [0.717, 1.165) is 6.42 Å². The Labute approximate surface area is 101 Å². The zero-order valence-corrected chi connectivity index (χ0v) is 9.93. The van der Waals surface area contributed by atoms with Crippen molar-refractivity contribution in [2.45, 2.75) is 38.7 Å². The molecular weight excluding hydrogens is 218 g/mol. The third-order valence-electron chi connectivity index (χ3n) is 3.29. The van der Waals surface area contributed by atoms with Gasteiger partial charge in [-0.25, -0.2) is 9.78 Å². The van der Waals surface area contributed by atoms with Crippen LogP contribution in [0.25, 0.3) is 0 Å². The van der Waals surface area contributed by atoms with Crippen LogP contribution in [0.1, 0.15) is 43.0 Å². The summed E-state index contributed by atoms with van der Waals surface area (Å²) in [5.41, 5.74) is 0.221. The number of hydrogen-bond acceptors (Lipinski definition) is 3. The molecule has 0 aromatic carbocycles. The Morgan fingerprint density at radius 1 is 1.47 bits per heavy atom. The fourth-order valence-corrected chi connectivity index (χ4v) is 2.22. The number of nitrogens with zero attached hydrogens (tertiary/aromatic N) is 1. The molecule has 0 spiro atoms. The first-order valence-corrected chi connectivity index (χ1v) is 6.03. The molecule has 0 radical (unpaired) electrons. The monoisotopic (exact) mass is 235 g/mol. The minimum Gasteiger partial charge on any atom is -0.478 e. The molecule has 17 heavy (non-hydrogen) atoms. The molecule has 1 heterocycles. The molecule has 1 aromatic heterocycles. The summed E-state index contributed by atoms with van der Waals surface area (Å²) in [4.78, 5) is 14.9. The SMILES string of the molecule is C[C@@H]1CCCC[C@H]1Oc1cc(C(=O)O)ccn1. The molecule has 1 fully saturated rings. The van der Waals surface area contributed by atoms with E-state index in [9.17, 15) is 4.79 Å². The van der Waals surface area contributed by atoms with Crippen LogP contribution in [0.5, 0.6) is 5.88 Å². The predicted molar refractivity (Wildman–Crippen MR) is 63.2 cm³/mol. The molecule has 0 amide bonds. The zero-order valence-electron chi connectivity index (χ0n) is 9.93. The lowest BCUT2D eigenvalue weighted by Crippen LogP contribution is -2.28. The molecule has 0 saturated heterocycles. The number of pyridine rings is 1. The minimum absolute atomic E-state index is 0.167. The van der Waals surface area contributed by atoms with Gasteiger partial charge in [0, 0.05) is 12.3 Å². The van der Waals surface area contributed by atoms with Crippen LogP contribution in [0, 0.1) is 5.92 Å². The lowest BCUT2D eigenvalue weighted by molar-refractivity contribution is 0.0693. The first kappa shape index (κ1) is 11.9. The Balaban J connectivity index is 2.07. The van der Waals surface area contributed by atoms with E-state index < -0.39 is 5.97 Å². The molecule has 1 aromatic rings. The molecule has 4 heteroatoms. The normalized spacial score (nSPS) is 24.3. The highest BCUT2D eigenvalue weighted by atomic mass is 16.5. The van der Waals surface area contributed by atoms with Crippen LogP contribution in [0.2, 0.25) is 0 Å². The second-order valence-electron chi connectivity index (χ2n) is 4.61. The number of aromatic carboxylic acids is 1.